The molecular weight excluding hydrogens is 322 g/mol. The second-order valence-corrected chi connectivity index (χ2v) is 6.53. The van der Waals surface area contributed by atoms with Gasteiger partial charge >= 0.3 is 0 Å². The average molecular weight is 347 g/mol. The molecule has 0 aliphatic rings. The quantitative estimate of drug-likeness (QED) is 0.648. The highest BCUT2D eigenvalue weighted by atomic mass is 16.3. The van der Waals surface area contributed by atoms with E-state index >= 15 is 0 Å². The number of aliphatic hydroxyl groups is 2. The van der Waals surface area contributed by atoms with Crippen LogP contribution >= 0.6 is 0 Å². The van der Waals surface area contributed by atoms with Crippen molar-refractivity contribution < 1.29 is 10.2 Å². The first-order valence-corrected chi connectivity index (χ1v) is 8.94. The van der Waals surface area contributed by atoms with Gasteiger partial charge in [0.15, 0.2) is 0 Å². The fourth-order valence-electron chi connectivity index (χ4n) is 3.10. The van der Waals surface area contributed by atoms with Crippen molar-refractivity contribution in [2.75, 3.05) is 13.1 Å². The van der Waals surface area contributed by atoms with Crippen molar-refractivity contribution in [2.24, 2.45) is 0 Å². The van der Waals surface area contributed by atoms with Gasteiger partial charge in [-0.15, -0.1) is 0 Å². The number of benzene rings is 3. The van der Waals surface area contributed by atoms with E-state index in [-0.39, 0.29) is 0 Å². The summed E-state index contributed by atoms with van der Waals surface area (Å²) in [5, 5.41) is 21.3. The predicted molar refractivity (Wildman–Crippen MR) is 105 cm³/mol. The number of rotatable bonds is 8. The third-order valence-corrected chi connectivity index (χ3v) is 4.48. The van der Waals surface area contributed by atoms with Crippen molar-refractivity contribution in [3.05, 3.63) is 108 Å². The summed E-state index contributed by atoms with van der Waals surface area (Å²) in [7, 11) is 0. The lowest BCUT2D eigenvalue weighted by atomic mass is 10.1. The van der Waals surface area contributed by atoms with E-state index in [1.165, 1.54) is 0 Å². The molecule has 3 aromatic carbocycles. The largest absolute Gasteiger partial charge is 0.387 e. The highest BCUT2D eigenvalue weighted by Crippen LogP contribution is 2.19. The van der Waals surface area contributed by atoms with Crippen LogP contribution in [0.5, 0.6) is 0 Å². The Balaban J connectivity index is 1.73. The summed E-state index contributed by atoms with van der Waals surface area (Å²) in [6.07, 6.45) is -1.19. The van der Waals surface area contributed by atoms with Crippen molar-refractivity contribution >= 4 is 0 Å². The standard InChI is InChI=1S/C23H25NO2/c25-22(20-12-6-2-7-13-20)17-24(16-19-10-4-1-5-11-19)18-23(26)21-14-8-3-9-15-21/h1-15,22-23,25-26H,16-18H2/t22-,23-/m0/s1. The topological polar surface area (TPSA) is 43.7 Å². The van der Waals surface area contributed by atoms with Gasteiger partial charge in [-0.3, -0.25) is 4.90 Å². The van der Waals surface area contributed by atoms with Crippen LogP contribution in [0.2, 0.25) is 0 Å². The van der Waals surface area contributed by atoms with Crippen LogP contribution in [0.25, 0.3) is 0 Å². The Bertz CT molecular complexity index is 714. The summed E-state index contributed by atoms with van der Waals surface area (Å²) in [6.45, 7) is 1.60. The van der Waals surface area contributed by atoms with Crippen molar-refractivity contribution in [1.29, 1.82) is 0 Å². The molecule has 0 spiro atoms. The summed E-state index contributed by atoms with van der Waals surface area (Å²) in [5.41, 5.74) is 2.94. The Morgan fingerprint density at radius 2 is 0.962 bits per heavy atom. The Labute approximate surface area is 155 Å². The molecule has 2 atom stereocenters. The van der Waals surface area contributed by atoms with Crippen molar-refractivity contribution in [1.82, 2.24) is 4.90 Å². The molecule has 2 N–H and O–H groups in total. The molecule has 0 bridgehead atoms. The van der Waals surface area contributed by atoms with Crippen LogP contribution in [0.15, 0.2) is 91.0 Å². The van der Waals surface area contributed by atoms with Crippen molar-refractivity contribution in [3.8, 4) is 0 Å². The summed E-state index contributed by atoms with van der Waals surface area (Å²) >= 11 is 0. The van der Waals surface area contributed by atoms with Crippen LogP contribution in [0.4, 0.5) is 0 Å². The van der Waals surface area contributed by atoms with Gasteiger partial charge in [-0.1, -0.05) is 91.0 Å². The van der Waals surface area contributed by atoms with Crippen LogP contribution < -0.4 is 0 Å². The van der Waals surface area contributed by atoms with Gasteiger partial charge in [0, 0.05) is 19.6 Å². The maximum atomic E-state index is 10.6. The highest BCUT2D eigenvalue weighted by molar-refractivity contribution is 5.20. The molecule has 0 fully saturated rings. The maximum absolute atomic E-state index is 10.6. The predicted octanol–water partition coefficient (Wildman–Crippen LogP) is 3.96. The van der Waals surface area contributed by atoms with Gasteiger partial charge in [0.2, 0.25) is 0 Å². The van der Waals surface area contributed by atoms with Gasteiger partial charge in [0.1, 0.15) is 0 Å². The number of hydrogen-bond donors (Lipinski definition) is 2. The summed E-state index contributed by atoms with van der Waals surface area (Å²) in [5.74, 6) is 0. The molecule has 0 saturated carbocycles. The van der Waals surface area contributed by atoms with E-state index in [0.29, 0.717) is 19.6 Å². The Morgan fingerprint density at radius 3 is 1.38 bits per heavy atom. The van der Waals surface area contributed by atoms with Crippen LogP contribution in [0.1, 0.15) is 28.9 Å². The second kappa shape index (κ2) is 9.30. The van der Waals surface area contributed by atoms with E-state index < -0.39 is 12.2 Å². The lowest BCUT2D eigenvalue weighted by molar-refractivity contribution is 0.0647. The van der Waals surface area contributed by atoms with Gasteiger partial charge in [-0.25, -0.2) is 0 Å². The van der Waals surface area contributed by atoms with Crippen molar-refractivity contribution in [2.45, 2.75) is 18.8 Å². The summed E-state index contributed by atoms with van der Waals surface area (Å²) in [6, 6.07) is 29.5. The van der Waals surface area contributed by atoms with Gasteiger partial charge in [-0.2, -0.15) is 0 Å². The highest BCUT2D eigenvalue weighted by Gasteiger charge is 2.18. The van der Waals surface area contributed by atoms with E-state index in [2.05, 4.69) is 17.0 Å². The van der Waals surface area contributed by atoms with Gasteiger partial charge < -0.3 is 10.2 Å². The SMILES string of the molecule is O[C@@H](CN(Cc1ccccc1)C[C@H](O)c1ccccc1)c1ccccc1. The Morgan fingerprint density at radius 1 is 0.577 bits per heavy atom. The lowest BCUT2D eigenvalue weighted by Crippen LogP contribution is -2.32. The van der Waals surface area contributed by atoms with E-state index in [9.17, 15) is 10.2 Å². The lowest BCUT2D eigenvalue weighted by Gasteiger charge is -2.27. The van der Waals surface area contributed by atoms with Crippen LogP contribution in [0.3, 0.4) is 0 Å². The molecular formula is C23H25NO2. The summed E-state index contributed by atoms with van der Waals surface area (Å²) in [4.78, 5) is 2.10. The molecule has 0 saturated heterocycles. The Kier molecular flexibility index (Phi) is 6.56. The van der Waals surface area contributed by atoms with Gasteiger partial charge in [0.25, 0.3) is 0 Å². The second-order valence-electron chi connectivity index (χ2n) is 6.53. The molecule has 3 aromatic rings. The third kappa shape index (κ3) is 5.27. The fraction of sp³-hybridized carbons (Fsp3) is 0.217. The molecule has 0 aliphatic heterocycles. The minimum absolute atomic E-state index is 0.461. The molecule has 0 radical (unpaired) electrons. The molecule has 26 heavy (non-hydrogen) atoms. The molecule has 0 aliphatic carbocycles. The van der Waals surface area contributed by atoms with E-state index in [0.717, 1.165) is 16.7 Å². The monoisotopic (exact) mass is 347 g/mol. The third-order valence-electron chi connectivity index (χ3n) is 4.48. The van der Waals surface area contributed by atoms with Crippen LogP contribution in [-0.2, 0) is 6.54 Å². The molecule has 3 heteroatoms. The van der Waals surface area contributed by atoms with Crippen molar-refractivity contribution in [3.63, 3.8) is 0 Å². The smallest absolute Gasteiger partial charge is 0.0917 e. The van der Waals surface area contributed by atoms with Gasteiger partial charge in [0.05, 0.1) is 12.2 Å². The minimum Gasteiger partial charge on any atom is -0.387 e. The zero-order chi connectivity index (χ0) is 18.2. The molecule has 0 heterocycles. The van der Waals surface area contributed by atoms with Crippen LogP contribution in [-0.4, -0.2) is 28.2 Å². The molecule has 3 rings (SSSR count). The van der Waals surface area contributed by atoms with E-state index in [1.54, 1.807) is 0 Å². The first kappa shape index (κ1) is 18.3. The average Bonchev–Trinajstić information content (AvgIpc) is 2.70. The minimum atomic E-state index is -0.595. The zero-order valence-electron chi connectivity index (χ0n) is 14.8. The molecule has 134 valence electrons. The van der Waals surface area contributed by atoms with Gasteiger partial charge in [-0.05, 0) is 16.7 Å². The number of aliphatic hydroxyl groups excluding tert-OH is 2. The van der Waals surface area contributed by atoms with E-state index in [4.69, 9.17) is 0 Å². The maximum Gasteiger partial charge on any atom is 0.0917 e. The van der Waals surface area contributed by atoms with E-state index in [1.807, 2.05) is 78.9 Å². The first-order valence-electron chi connectivity index (χ1n) is 8.94. The molecule has 0 aromatic heterocycles. The molecule has 3 nitrogen and oxygen atoms in total. The summed E-state index contributed by atoms with van der Waals surface area (Å²) < 4.78 is 0. The number of nitrogens with zero attached hydrogens (tertiary/aromatic N) is 1. The fourth-order valence-corrected chi connectivity index (χ4v) is 3.10. The normalized spacial score (nSPS) is 13.5. The number of hydrogen-bond acceptors (Lipinski definition) is 3. The van der Waals surface area contributed by atoms with Crippen LogP contribution in [0, 0.1) is 0 Å². The Hall–Kier alpha value is -2.46. The first-order chi connectivity index (χ1) is 12.7. The molecule has 0 unspecified atom stereocenters. The molecule has 0 amide bonds. The zero-order valence-corrected chi connectivity index (χ0v) is 14.8.